The van der Waals surface area contributed by atoms with Crippen molar-refractivity contribution in [1.82, 2.24) is 14.9 Å². The van der Waals surface area contributed by atoms with Crippen LogP contribution in [0.4, 0.5) is 0 Å². The largest absolute Gasteiger partial charge is 0.508 e. The minimum absolute atomic E-state index is 0.0697. The molecule has 0 saturated carbocycles. The van der Waals surface area contributed by atoms with Crippen LogP contribution in [-0.4, -0.2) is 39.5 Å². The molecule has 3 rings (SSSR count). The molecule has 0 radical (unpaired) electrons. The number of carbonyl (C=O) groups excluding carboxylic acids is 1. The number of aromatic hydroxyl groups is 1. The normalized spacial score (nSPS) is 10.9. The van der Waals surface area contributed by atoms with Crippen molar-refractivity contribution >= 4 is 5.91 Å². The van der Waals surface area contributed by atoms with Crippen LogP contribution in [0.3, 0.4) is 0 Å². The van der Waals surface area contributed by atoms with Crippen molar-refractivity contribution in [2.75, 3.05) is 13.6 Å². The first-order valence-electron chi connectivity index (χ1n) is 9.52. The number of aryl methyl sites for hydroxylation is 1. The minimum atomic E-state index is -0.475. The summed E-state index contributed by atoms with van der Waals surface area (Å²) in [6, 6.07) is 14.0. The Morgan fingerprint density at radius 1 is 1.14 bits per heavy atom. The number of phenolic OH excluding ortho intramolecular Hbond substituents is 1. The number of rotatable bonds is 5. The molecule has 0 aliphatic carbocycles. The van der Waals surface area contributed by atoms with Gasteiger partial charge in [-0.05, 0) is 60.4 Å². The van der Waals surface area contributed by atoms with E-state index in [-0.39, 0.29) is 11.7 Å². The number of aromatic nitrogens is 2. The fourth-order valence-electron chi connectivity index (χ4n) is 3.25. The Bertz CT molecular complexity index is 1100. The summed E-state index contributed by atoms with van der Waals surface area (Å²) in [4.78, 5) is 33.4. The maximum atomic E-state index is 12.7. The third-order valence-corrected chi connectivity index (χ3v) is 4.64. The first-order valence-corrected chi connectivity index (χ1v) is 9.52. The number of aromatic amines is 1. The highest BCUT2D eigenvalue weighted by atomic mass is 16.3. The maximum Gasteiger partial charge on any atom is 0.345 e. The molecule has 0 atom stereocenters. The Hall–Kier alpha value is -3.41. The Morgan fingerprint density at radius 2 is 1.90 bits per heavy atom. The second-order valence-corrected chi connectivity index (χ2v) is 7.65. The molecule has 2 N–H and O–H groups in total. The lowest BCUT2D eigenvalue weighted by Gasteiger charge is -2.19. The predicted molar refractivity (Wildman–Crippen MR) is 114 cm³/mol. The van der Waals surface area contributed by atoms with E-state index in [1.54, 1.807) is 61.3 Å². The van der Waals surface area contributed by atoms with Crippen molar-refractivity contribution < 1.29 is 9.90 Å². The highest BCUT2D eigenvalue weighted by molar-refractivity contribution is 5.95. The van der Waals surface area contributed by atoms with Gasteiger partial charge < -0.3 is 15.0 Å². The van der Waals surface area contributed by atoms with E-state index < -0.39 is 5.69 Å². The van der Waals surface area contributed by atoms with Crippen LogP contribution in [-0.2, 0) is 0 Å². The van der Waals surface area contributed by atoms with Gasteiger partial charge in [-0.3, -0.25) is 4.79 Å². The van der Waals surface area contributed by atoms with E-state index in [2.05, 4.69) is 23.8 Å². The number of hydrogen-bond donors (Lipinski definition) is 2. The van der Waals surface area contributed by atoms with Gasteiger partial charge in [0.2, 0.25) is 0 Å². The van der Waals surface area contributed by atoms with E-state index in [9.17, 15) is 14.7 Å². The second-order valence-electron chi connectivity index (χ2n) is 7.65. The molecule has 0 fully saturated rings. The van der Waals surface area contributed by atoms with Crippen LogP contribution in [0.15, 0.2) is 53.3 Å². The van der Waals surface area contributed by atoms with E-state index in [1.165, 1.54) is 0 Å². The van der Waals surface area contributed by atoms with Gasteiger partial charge in [-0.1, -0.05) is 26.0 Å². The van der Waals surface area contributed by atoms with Gasteiger partial charge in [-0.25, -0.2) is 4.79 Å². The molecule has 0 aliphatic rings. The van der Waals surface area contributed by atoms with Crippen molar-refractivity contribution in [3.8, 4) is 28.3 Å². The molecule has 1 heterocycles. The number of hydrogen-bond acceptors (Lipinski definition) is 4. The topological polar surface area (TPSA) is 86.3 Å². The molecule has 29 heavy (non-hydrogen) atoms. The fourth-order valence-corrected chi connectivity index (χ4v) is 3.25. The monoisotopic (exact) mass is 391 g/mol. The summed E-state index contributed by atoms with van der Waals surface area (Å²) < 4.78 is 0. The van der Waals surface area contributed by atoms with E-state index in [4.69, 9.17) is 0 Å². The van der Waals surface area contributed by atoms with Gasteiger partial charge in [0, 0.05) is 24.7 Å². The summed E-state index contributed by atoms with van der Waals surface area (Å²) in [5.41, 5.74) is 3.32. The number of phenols is 1. The summed E-state index contributed by atoms with van der Waals surface area (Å²) in [5.74, 6) is 0.500. The molecule has 3 aromatic rings. The smallest absolute Gasteiger partial charge is 0.345 e. The molecule has 6 heteroatoms. The predicted octanol–water partition coefficient (Wildman–Crippen LogP) is 3.85. The van der Waals surface area contributed by atoms with Crippen molar-refractivity contribution in [1.29, 1.82) is 0 Å². The van der Waals surface area contributed by atoms with Crippen LogP contribution >= 0.6 is 0 Å². The number of nitrogens with zero attached hydrogens (tertiary/aromatic N) is 2. The fraction of sp³-hybridized carbons (Fsp3) is 0.261. The van der Waals surface area contributed by atoms with Crippen molar-refractivity contribution in [2.45, 2.75) is 20.8 Å². The highest BCUT2D eigenvalue weighted by Crippen LogP contribution is 2.26. The Morgan fingerprint density at radius 3 is 2.59 bits per heavy atom. The van der Waals surface area contributed by atoms with E-state index in [1.807, 2.05) is 6.07 Å². The molecule has 150 valence electrons. The molecule has 1 amide bonds. The first-order chi connectivity index (χ1) is 13.7. The zero-order valence-electron chi connectivity index (χ0n) is 17.1. The molecule has 1 aromatic heterocycles. The van der Waals surface area contributed by atoms with Gasteiger partial charge in [0.25, 0.3) is 5.91 Å². The number of amides is 1. The summed E-state index contributed by atoms with van der Waals surface area (Å²) in [6.07, 6.45) is 0. The molecule has 0 saturated heterocycles. The second kappa shape index (κ2) is 8.31. The van der Waals surface area contributed by atoms with Gasteiger partial charge in [-0.2, -0.15) is 4.98 Å². The van der Waals surface area contributed by atoms with Crippen LogP contribution in [0, 0.1) is 12.8 Å². The van der Waals surface area contributed by atoms with Crippen LogP contribution in [0.5, 0.6) is 5.75 Å². The SMILES string of the molecule is Cc1cc(-c2cc(-c3cccc(C(=O)N(C)CC(C)C)c3)nc(=O)[nH]2)ccc1O. The molecule has 6 nitrogen and oxygen atoms in total. The zero-order valence-corrected chi connectivity index (χ0v) is 17.1. The van der Waals surface area contributed by atoms with Crippen molar-refractivity contribution in [2.24, 2.45) is 5.92 Å². The lowest BCUT2D eigenvalue weighted by molar-refractivity contribution is 0.0779. The number of carbonyl (C=O) groups is 1. The Balaban J connectivity index is 1.99. The Labute approximate surface area is 169 Å². The standard InChI is InChI=1S/C23H25N3O3/c1-14(2)13-26(4)22(28)18-7-5-6-16(11-18)19-12-20(25-23(29)24-19)17-8-9-21(27)15(3)10-17/h5-12,14,27H,13H2,1-4H3,(H,24,25,29). The van der Waals surface area contributed by atoms with Gasteiger partial charge in [0.05, 0.1) is 11.4 Å². The molecule has 0 unspecified atom stereocenters. The number of benzene rings is 2. The summed E-state index contributed by atoms with van der Waals surface area (Å²) in [5, 5.41) is 9.74. The van der Waals surface area contributed by atoms with Gasteiger partial charge in [0.1, 0.15) is 5.75 Å². The van der Waals surface area contributed by atoms with Gasteiger partial charge in [0.15, 0.2) is 0 Å². The van der Waals surface area contributed by atoms with Gasteiger partial charge >= 0.3 is 5.69 Å². The van der Waals surface area contributed by atoms with Crippen LogP contribution in [0.25, 0.3) is 22.5 Å². The minimum Gasteiger partial charge on any atom is -0.508 e. The molecule has 0 bridgehead atoms. The Kier molecular flexibility index (Phi) is 5.82. The molecular weight excluding hydrogens is 366 g/mol. The lowest BCUT2D eigenvalue weighted by atomic mass is 10.0. The quantitative estimate of drug-likeness (QED) is 0.692. The molecule has 0 aliphatic heterocycles. The van der Waals surface area contributed by atoms with Crippen molar-refractivity contribution in [3.63, 3.8) is 0 Å². The van der Waals surface area contributed by atoms with E-state index in [0.717, 1.165) is 5.56 Å². The summed E-state index contributed by atoms with van der Waals surface area (Å²) in [6.45, 7) is 6.58. The van der Waals surface area contributed by atoms with Crippen LogP contribution < -0.4 is 5.69 Å². The van der Waals surface area contributed by atoms with Crippen LogP contribution in [0.2, 0.25) is 0 Å². The third-order valence-electron chi connectivity index (χ3n) is 4.64. The summed E-state index contributed by atoms with van der Waals surface area (Å²) in [7, 11) is 1.78. The van der Waals surface area contributed by atoms with E-state index in [0.29, 0.717) is 40.5 Å². The molecular formula is C23H25N3O3. The van der Waals surface area contributed by atoms with Gasteiger partial charge in [-0.15, -0.1) is 0 Å². The zero-order chi connectivity index (χ0) is 21.1. The molecule has 2 aromatic carbocycles. The first kappa shape index (κ1) is 20.3. The molecule has 0 spiro atoms. The highest BCUT2D eigenvalue weighted by Gasteiger charge is 2.14. The average Bonchev–Trinajstić information content (AvgIpc) is 2.68. The third kappa shape index (κ3) is 4.71. The number of nitrogens with one attached hydrogen (secondary N) is 1. The number of H-pyrrole nitrogens is 1. The van der Waals surface area contributed by atoms with Crippen LogP contribution in [0.1, 0.15) is 29.8 Å². The maximum absolute atomic E-state index is 12.7. The lowest BCUT2D eigenvalue weighted by Crippen LogP contribution is -2.30. The van der Waals surface area contributed by atoms with E-state index >= 15 is 0 Å². The average molecular weight is 391 g/mol. The summed E-state index contributed by atoms with van der Waals surface area (Å²) >= 11 is 0. The van der Waals surface area contributed by atoms with Crippen molar-refractivity contribution in [3.05, 3.63) is 70.1 Å².